The molecule has 1 atom stereocenters. The summed E-state index contributed by atoms with van der Waals surface area (Å²) >= 11 is 0. The third kappa shape index (κ3) is 2.33. The highest BCUT2D eigenvalue weighted by atomic mass is 15.2. The first-order valence-electron chi connectivity index (χ1n) is 7.19. The summed E-state index contributed by atoms with van der Waals surface area (Å²) in [6.45, 7) is 2.86. The summed E-state index contributed by atoms with van der Waals surface area (Å²) in [5.74, 6) is 0.569. The molecule has 0 spiro atoms. The Kier molecular flexibility index (Phi) is 3.20. The average Bonchev–Trinajstić information content (AvgIpc) is 3.09. The number of nitriles is 1. The number of nitrogens with two attached hydrogens (primary N) is 1. The summed E-state index contributed by atoms with van der Waals surface area (Å²) in [6.07, 6.45) is 4.17. The Bertz CT molecular complexity index is 499. The van der Waals surface area contributed by atoms with Crippen LogP contribution in [0.1, 0.15) is 37.2 Å². The van der Waals surface area contributed by atoms with Crippen LogP contribution in [0.25, 0.3) is 0 Å². The summed E-state index contributed by atoms with van der Waals surface area (Å²) in [7, 11) is 0. The van der Waals surface area contributed by atoms with Gasteiger partial charge in [0, 0.05) is 36.5 Å². The van der Waals surface area contributed by atoms with Crippen LogP contribution >= 0.6 is 0 Å². The zero-order valence-electron chi connectivity index (χ0n) is 11.3. The van der Waals surface area contributed by atoms with Crippen molar-refractivity contribution >= 4 is 5.69 Å². The second-order valence-corrected chi connectivity index (χ2v) is 6.05. The van der Waals surface area contributed by atoms with Crippen LogP contribution in [0.15, 0.2) is 24.3 Å². The molecule has 1 heterocycles. The van der Waals surface area contributed by atoms with Crippen molar-refractivity contribution in [3.8, 4) is 6.07 Å². The molecule has 2 N–H and O–H groups in total. The number of hydrogen-bond acceptors (Lipinski definition) is 3. The molecular formula is C16H21N3. The van der Waals surface area contributed by atoms with Gasteiger partial charge >= 0.3 is 0 Å². The van der Waals surface area contributed by atoms with E-state index in [1.807, 2.05) is 0 Å². The monoisotopic (exact) mass is 255 g/mol. The number of rotatable bonds is 5. The van der Waals surface area contributed by atoms with Gasteiger partial charge in [0.1, 0.15) is 0 Å². The molecule has 0 amide bonds. The highest BCUT2D eigenvalue weighted by molar-refractivity contribution is 5.60. The molecule has 0 aromatic heterocycles. The quantitative estimate of drug-likeness (QED) is 0.880. The first-order chi connectivity index (χ1) is 9.28. The number of fused-ring (bicyclic) bond motifs is 1. The van der Waals surface area contributed by atoms with E-state index in [4.69, 9.17) is 11.0 Å². The van der Waals surface area contributed by atoms with Gasteiger partial charge in [-0.25, -0.2) is 0 Å². The Balaban J connectivity index is 1.79. The van der Waals surface area contributed by atoms with Crippen LogP contribution in [0.2, 0.25) is 0 Å². The summed E-state index contributed by atoms with van der Waals surface area (Å²) in [5.41, 5.74) is 8.82. The molecule has 1 aliphatic carbocycles. The highest BCUT2D eigenvalue weighted by Crippen LogP contribution is 2.51. The van der Waals surface area contributed by atoms with Gasteiger partial charge in [-0.2, -0.15) is 5.26 Å². The van der Waals surface area contributed by atoms with E-state index in [2.05, 4.69) is 35.2 Å². The van der Waals surface area contributed by atoms with E-state index >= 15 is 0 Å². The van der Waals surface area contributed by atoms with Gasteiger partial charge in [-0.05, 0) is 37.4 Å². The second-order valence-electron chi connectivity index (χ2n) is 6.05. The van der Waals surface area contributed by atoms with Gasteiger partial charge in [0.25, 0.3) is 0 Å². The minimum absolute atomic E-state index is 0.277. The minimum Gasteiger partial charge on any atom is -0.370 e. The van der Waals surface area contributed by atoms with Crippen molar-refractivity contribution in [2.75, 3.05) is 24.5 Å². The van der Waals surface area contributed by atoms with Crippen LogP contribution in [-0.2, 0) is 0 Å². The lowest BCUT2D eigenvalue weighted by Gasteiger charge is -2.24. The number of anilines is 1. The summed E-state index contributed by atoms with van der Waals surface area (Å²) < 4.78 is 0. The van der Waals surface area contributed by atoms with Crippen molar-refractivity contribution in [1.82, 2.24) is 0 Å². The fraction of sp³-hybridized carbons (Fsp3) is 0.562. The van der Waals surface area contributed by atoms with Crippen molar-refractivity contribution < 1.29 is 0 Å². The van der Waals surface area contributed by atoms with E-state index < -0.39 is 0 Å². The number of nitrogens with zero attached hydrogens (tertiary/aromatic N) is 2. The SMILES string of the molecule is N#CCC1(CN2CC(CCN)c3ccccc32)CC1. The molecule has 0 bridgehead atoms. The predicted molar refractivity (Wildman–Crippen MR) is 77.0 cm³/mol. The molecular weight excluding hydrogens is 234 g/mol. The molecule has 1 aromatic rings. The molecule has 3 heteroatoms. The summed E-state index contributed by atoms with van der Waals surface area (Å²) in [5, 5.41) is 8.96. The van der Waals surface area contributed by atoms with Crippen molar-refractivity contribution in [1.29, 1.82) is 5.26 Å². The Morgan fingerprint density at radius 3 is 2.84 bits per heavy atom. The van der Waals surface area contributed by atoms with Crippen molar-refractivity contribution in [3.63, 3.8) is 0 Å². The first kappa shape index (κ1) is 12.5. The fourth-order valence-electron chi connectivity index (χ4n) is 3.32. The minimum atomic E-state index is 0.277. The van der Waals surface area contributed by atoms with Gasteiger partial charge in [0.2, 0.25) is 0 Å². The van der Waals surface area contributed by atoms with Gasteiger partial charge < -0.3 is 10.6 Å². The molecule has 1 unspecified atom stereocenters. The van der Waals surface area contributed by atoms with E-state index in [9.17, 15) is 0 Å². The maximum atomic E-state index is 8.96. The molecule has 1 fully saturated rings. The maximum absolute atomic E-state index is 8.96. The Labute approximate surface area is 115 Å². The predicted octanol–water partition coefficient (Wildman–Crippen LogP) is 2.63. The maximum Gasteiger partial charge on any atom is 0.0628 e. The Hall–Kier alpha value is -1.53. The average molecular weight is 255 g/mol. The summed E-state index contributed by atoms with van der Waals surface area (Å²) in [6, 6.07) is 11.0. The van der Waals surface area contributed by atoms with Gasteiger partial charge in [0.15, 0.2) is 0 Å². The van der Waals surface area contributed by atoms with E-state index in [0.29, 0.717) is 12.3 Å². The topological polar surface area (TPSA) is 53.0 Å². The van der Waals surface area contributed by atoms with Crippen LogP contribution in [-0.4, -0.2) is 19.6 Å². The van der Waals surface area contributed by atoms with Gasteiger partial charge in [-0.1, -0.05) is 18.2 Å². The standard InChI is InChI=1S/C16H21N3/c17-9-5-13-11-19(12-16(6-7-16)8-10-18)15-4-2-1-3-14(13)15/h1-4,13H,5-9,11-12,17H2. The van der Waals surface area contributed by atoms with Crippen LogP contribution < -0.4 is 10.6 Å². The first-order valence-corrected chi connectivity index (χ1v) is 7.19. The molecule has 0 saturated heterocycles. The van der Waals surface area contributed by atoms with E-state index in [1.54, 1.807) is 0 Å². The zero-order valence-corrected chi connectivity index (χ0v) is 11.3. The molecule has 1 saturated carbocycles. The molecule has 3 rings (SSSR count). The number of benzene rings is 1. The summed E-state index contributed by atoms with van der Waals surface area (Å²) in [4.78, 5) is 2.49. The van der Waals surface area contributed by atoms with E-state index in [0.717, 1.165) is 26.1 Å². The molecule has 19 heavy (non-hydrogen) atoms. The zero-order chi connectivity index (χ0) is 13.3. The Morgan fingerprint density at radius 1 is 1.37 bits per heavy atom. The lowest BCUT2D eigenvalue weighted by molar-refractivity contribution is 0.503. The smallest absolute Gasteiger partial charge is 0.0628 e. The highest BCUT2D eigenvalue weighted by Gasteiger charge is 2.45. The van der Waals surface area contributed by atoms with E-state index in [-0.39, 0.29) is 5.41 Å². The fourth-order valence-corrected chi connectivity index (χ4v) is 3.32. The van der Waals surface area contributed by atoms with Gasteiger partial charge in [0.05, 0.1) is 6.07 Å². The van der Waals surface area contributed by atoms with Crippen molar-refractivity contribution in [3.05, 3.63) is 29.8 Å². The molecule has 2 aliphatic rings. The molecule has 1 aromatic carbocycles. The third-order valence-electron chi connectivity index (χ3n) is 4.61. The number of hydrogen-bond donors (Lipinski definition) is 1. The number of para-hydroxylation sites is 1. The van der Waals surface area contributed by atoms with Gasteiger partial charge in [-0.3, -0.25) is 0 Å². The molecule has 0 radical (unpaired) electrons. The normalized spacial score (nSPS) is 22.9. The Morgan fingerprint density at radius 2 is 2.16 bits per heavy atom. The third-order valence-corrected chi connectivity index (χ3v) is 4.61. The van der Waals surface area contributed by atoms with Crippen LogP contribution in [0.4, 0.5) is 5.69 Å². The van der Waals surface area contributed by atoms with Crippen molar-refractivity contribution in [2.45, 2.75) is 31.6 Å². The van der Waals surface area contributed by atoms with Gasteiger partial charge in [-0.15, -0.1) is 0 Å². The lowest BCUT2D eigenvalue weighted by atomic mass is 9.98. The molecule has 1 aliphatic heterocycles. The van der Waals surface area contributed by atoms with Crippen LogP contribution in [0, 0.1) is 16.7 Å². The van der Waals surface area contributed by atoms with E-state index in [1.165, 1.54) is 24.1 Å². The largest absolute Gasteiger partial charge is 0.370 e. The second kappa shape index (κ2) is 4.86. The lowest BCUT2D eigenvalue weighted by Crippen LogP contribution is -2.29. The van der Waals surface area contributed by atoms with Crippen LogP contribution in [0.3, 0.4) is 0 Å². The molecule has 3 nitrogen and oxygen atoms in total. The molecule has 100 valence electrons. The van der Waals surface area contributed by atoms with Crippen molar-refractivity contribution in [2.24, 2.45) is 11.1 Å². The van der Waals surface area contributed by atoms with Crippen LogP contribution in [0.5, 0.6) is 0 Å².